The molecule has 0 bridgehead atoms. The third-order valence-electron chi connectivity index (χ3n) is 3.44. The van der Waals surface area contributed by atoms with Crippen LogP contribution in [0, 0.1) is 6.92 Å². The third kappa shape index (κ3) is 3.03. The highest BCUT2D eigenvalue weighted by Crippen LogP contribution is 2.16. The number of carbonyl (C=O) groups is 1. The predicted molar refractivity (Wildman–Crippen MR) is 86.6 cm³/mol. The van der Waals surface area contributed by atoms with E-state index in [-0.39, 0.29) is 12.5 Å². The number of hydrazone groups is 1. The Labute approximate surface area is 128 Å². The molecule has 0 saturated carbocycles. The largest absolute Gasteiger partial charge is 0.271 e. The minimum absolute atomic E-state index is 0.158. The van der Waals surface area contributed by atoms with Gasteiger partial charge in [0.1, 0.15) is 6.54 Å². The average Bonchev–Trinajstić information content (AvgIpc) is 2.93. The molecule has 0 saturated heterocycles. The molecule has 5 heteroatoms. The lowest BCUT2D eigenvalue weighted by atomic mass is 10.1. The van der Waals surface area contributed by atoms with Crippen LogP contribution in [0.15, 0.2) is 59.8 Å². The predicted octanol–water partition coefficient (Wildman–Crippen LogP) is 2.50. The molecule has 0 spiro atoms. The fraction of sp³-hybridized carbons (Fsp3) is 0.118. The Balaban J connectivity index is 1.69. The Morgan fingerprint density at radius 3 is 2.86 bits per heavy atom. The van der Waals surface area contributed by atoms with E-state index in [1.807, 2.05) is 55.5 Å². The minimum Gasteiger partial charge on any atom is -0.271 e. The molecule has 5 nitrogen and oxygen atoms in total. The average molecular weight is 292 g/mol. The Morgan fingerprint density at radius 1 is 1.23 bits per heavy atom. The molecule has 0 atom stereocenters. The van der Waals surface area contributed by atoms with E-state index >= 15 is 0 Å². The van der Waals surface area contributed by atoms with Crippen molar-refractivity contribution in [2.45, 2.75) is 13.5 Å². The van der Waals surface area contributed by atoms with Gasteiger partial charge < -0.3 is 0 Å². The number of aryl methyl sites for hydroxylation is 1. The molecule has 0 aliphatic carbocycles. The van der Waals surface area contributed by atoms with Crippen molar-refractivity contribution in [1.82, 2.24) is 15.2 Å². The number of benzene rings is 2. The Bertz CT molecular complexity index is 830. The quantitative estimate of drug-likeness (QED) is 0.593. The van der Waals surface area contributed by atoms with Gasteiger partial charge in [-0.25, -0.2) is 5.43 Å². The summed E-state index contributed by atoms with van der Waals surface area (Å²) in [7, 11) is 0. The molecule has 1 amide bonds. The standard InChI is InChI=1S/C17H16N4O/c1-13-9-10-19-21(13)12-17(22)20-18-11-15-7-4-6-14-5-2-3-8-16(14)15/h2-11H,12H2,1H3,(H,20,22)/b18-11+. The van der Waals surface area contributed by atoms with Gasteiger partial charge in [0.2, 0.25) is 0 Å². The summed E-state index contributed by atoms with van der Waals surface area (Å²) in [6.07, 6.45) is 3.33. The molecule has 110 valence electrons. The van der Waals surface area contributed by atoms with Crippen LogP contribution in [0.2, 0.25) is 0 Å². The number of nitrogens with zero attached hydrogens (tertiary/aromatic N) is 3. The fourth-order valence-electron chi connectivity index (χ4n) is 2.27. The van der Waals surface area contributed by atoms with Gasteiger partial charge in [0.25, 0.3) is 5.91 Å². The molecule has 3 rings (SSSR count). The first-order valence-corrected chi connectivity index (χ1v) is 7.02. The van der Waals surface area contributed by atoms with Crippen LogP contribution in [-0.4, -0.2) is 21.9 Å². The first-order chi connectivity index (χ1) is 10.7. The van der Waals surface area contributed by atoms with Crippen LogP contribution in [0.1, 0.15) is 11.3 Å². The molecular formula is C17H16N4O. The normalized spacial score (nSPS) is 11.1. The van der Waals surface area contributed by atoms with E-state index in [1.54, 1.807) is 17.1 Å². The zero-order chi connectivity index (χ0) is 15.4. The van der Waals surface area contributed by atoms with Crippen molar-refractivity contribution in [2.24, 2.45) is 5.10 Å². The summed E-state index contributed by atoms with van der Waals surface area (Å²) < 4.78 is 1.63. The second kappa shape index (κ2) is 6.22. The molecule has 0 fully saturated rings. The van der Waals surface area contributed by atoms with Gasteiger partial charge >= 0.3 is 0 Å². The van der Waals surface area contributed by atoms with Crippen molar-refractivity contribution in [3.8, 4) is 0 Å². The van der Waals surface area contributed by atoms with Gasteiger partial charge in [-0.05, 0) is 23.8 Å². The molecule has 1 N–H and O–H groups in total. The van der Waals surface area contributed by atoms with Gasteiger partial charge in [0.05, 0.1) is 6.21 Å². The van der Waals surface area contributed by atoms with Gasteiger partial charge in [-0.15, -0.1) is 0 Å². The van der Waals surface area contributed by atoms with Crippen LogP contribution in [0.5, 0.6) is 0 Å². The maximum absolute atomic E-state index is 11.8. The highest BCUT2D eigenvalue weighted by molar-refractivity contribution is 5.99. The number of aromatic nitrogens is 2. The second-order valence-electron chi connectivity index (χ2n) is 4.99. The summed E-state index contributed by atoms with van der Waals surface area (Å²) in [5.41, 5.74) is 4.44. The maximum Gasteiger partial charge on any atom is 0.261 e. The lowest BCUT2D eigenvalue weighted by molar-refractivity contribution is -0.121. The molecule has 22 heavy (non-hydrogen) atoms. The van der Waals surface area contributed by atoms with E-state index < -0.39 is 0 Å². The van der Waals surface area contributed by atoms with Crippen LogP contribution < -0.4 is 5.43 Å². The number of hydrogen-bond donors (Lipinski definition) is 1. The second-order valence-corrected chi connectivity index (χ2v) is 4.99. The smallest absolute Gasteiger partial charge is 0.261 e. The third-order valence-corrected chi connectivity index (χ3v) is 3.44. The zero-order valence-corrected chi connectivity index (χ0v) is 12.2. The highest BCUT2D eigenvalue weighted by Gasteiger charge is 2.04. The number of carbonyl (C=O) groups excluding carboxylic acids is 1. The summed E-state index contributed by atoms with van der Waals surface area (Å²) in [6, 6.07) is 15.9. The van der Waals surface area contributed by atoms with Crippen molar-refractivity contribution in [1.29, 1.82) is 0 Å². The van der Waals surface area contributed by atoms with Crippen LogP contribution in [0.25, 0.3) is 10.8 Å². The van der Waals surface area contributed by atoms with Crippen molar-refractivity contribution >= 4 is 22.9 Å². The summed E-state index contributed by atoms with van der Waals surface area (Å²) in [6.45, 7) is 2.06. The Kier molecular flexibility index (Phi) is 3.96. The van der Waals surface area contributed by atoms with Crippen molar-refractivity contribution in [2.75, 3.05) is 0 Å². The maximum atomic E-state index is 11.8. The lowest BCUT2D eigenvalue weighted by Crippen LogP contribution is -2.24. The number of nitrogens with one attached hydrogen (secondary N) is 1. The summed E-state index contributed by atoms with van der Waals surface area (Å²) in [5.74, 6) is -0.205. The molecule has 1 heterocycles. The van der Waals surface area contributed by atoms with Crippen molar-refractivity contribution in [3.05, 3.63) is 66.0 Å². The summed E-state index contributed by atoms with van der Waals surface area (Å²) in [5, 5.41) is 10.3. The van der Waals surface area contributed by atoms with E-state index in [2.05, 4.69) is 15.6 Å². The Hall–Kier alpha value is -2.95. The van der Waals surface area contributed by atoms with Gasteiger partial charge in [-0.2, -0.15) is 10.2 Å². The Morgan fingerprint density at radius 2 is 2.05 bits per heavy atom. The fourth-order valence-corrected chi connectivity index (χ4v) is 2.27. The first-order valence-electron chi connectivity index (χ1n) is 7.02. The molecule has 1 aromatic heterocycles. The van der Waals surface area contributed by atoms with Crippen molar-refractivity contribution in [3.63, 3.8) is 0 Å². The molecule has 0 radical (unpaired) electrons. The van der Waals surface area contributed by atoms with Gasteiger partial charge in [-0.1, -0.05) is 42.5 Å². The zero-order valence-electron chi connectivity index (χ0n) is 12.2. The van der Waals surface area contributed by atoms with E-state index in [1.165, 1.54) is 0 Å². The molecule has 0 aliphatic rings. The number of amides is 1. The minimum atomic E-state index is -0.205. The molecular weight excluding hydrogens is 276 g/mol. The first kappa shape index (κ1) is 14.0. The summed E-state index contributed by atoms with van der Waals surface area (Å²) >= 11 is 0. The van der Waals surface area contributed by atoms with Crippen LogP contribution in [0.4, 0.5) is 0 Å². The topological polar surface area (TPSA) is 59.3 Å². The lowest BCUT2D eigenvalue weighted by Gasteiger charge is -2.03. The molecule has 2 aromatic carbocycles. The van der Waals surface area contributed by atoms with E-state index in [9.17, 15) is 4.79 Å². The SMILES string of the molecule is Cc1ccnn1CC(=O)N/N=C/c1cccc2ccccc12. The monoisotopic (exact) mass is 292 g/mol. The van der Waals surface area contributed by atoms with Gasteiger partial charge in [-0.3, -0.25) is 9.48 Å². The van der Waals surface area contributed by atoms with Crippen LogP contribution in [-0.2, 0) is 11.3 Å². The molecule has 0 unspecified atom stereocenters. The van der Waals surface area contributed by atoms with Crippen molar-refractivity contribution < 1.29 is 4.79 Å². The van der Waals surface area contributed by atoms with E-state index in [0.717, 1.165) is 22.0 Å². The molecule has 3 aromatic rings. The van der Waals surface area contributed by atoms with Crippen LogP contribution >= 0.6 is 0 Å². The number of fused-ring (bicyclic) bond motifs is 1. The van der Waals surface area contributed by atoms with Crippen LogP contribution in [0.3, 0.4) is 0 Å². The molecule has 0 aliphatic heterocycles. The van der Waals surface area contributed by atoms with E-state index in [0.29, 0.717) is 0 Å². The summed E-state index contributed by atoms with van der Waals surface area (Å²) in [4.78, 5) is 11.8. The van der Waals surface area contributed by atoms with E-state index in [4.69, 9.17) is 0 Å². The highest BCUT2D eigenvalue weighted by atomic mass is 16.2. The number of hydrogen-bond acceptors (Lipinski definition) is 3. The van der Waals surface area contributed by atoms with Gasteiger partial charge in [0, 0.05) is 17.5 Å². The number of rotatable bonds is 4. The van der Waals surface area contributed by atoms with Gasteiger partial charge in [0.15, 0.2) is 0 Å².